The Hall–Kier alpha value is -3.19. The number of aliphatic hydroxyl groups excluding tert-OH is 1. The molecule has 0 radical (unpaired) electrons. The molecule has 3 aromatic heterocycles. The second kappa shape index (κ2) is 13.4. The van der Waals surface area contributed by atoms with E-state index in [0.29, 0.717) is 14.7 Å². The lowest BCUT2D eigenvalue weighted by atomic mass is 9.96. The number of nitrogens with two attached hydrogens (primary N) is 1. The van der Waals surface area contributed by atoms with Crippen LogP contribution in [0.5, 0.6) is 11.6 Å². The zero-order chi connectivity index (χ0) is 34.3. The molecule has 0 saturated carbocycles. The van der Waals surface area contributed by atoms with Crippen LogP contribution < -0.4 is 20.1 Å². The molecule has 0 bridgehead atoms. The summed E-state index contributed by atoms with van der Waals surface area (Å²) in [4.78, 5) is 29.8. The summed E-state index contributed by atoms with van der Waals surface area (Å²) in [7, 11) is -2.97. The molecule has 0 aliphatic carbocycles. The van der Waals surface area contributed by atoms with E-state index in [9.17, 15) is 19.6 Å². The number of aromatic nitrogens is 5. The first kappa shape index (κ1) is 35.1. The van der Waals surface area contributed by atoms with Gasteiger partial charge in [-0.3, -0.25) is 18.9 Å². The summed E-state index contributed by atoms with van der Waals surface area (Å²) in [6, 6.07) is 7.31. The van der Waals surface area contributed by atoms with Crippen molar-refractivity contribution in [2.45, 2.75) is 64.7 Å². The normalized spacial score (nSPS) is 23.5. The number of carbonyl (C=O) groups excluding carboxylic acids is 1. The van der Waals surface area contributed by atoms with Crippen LogP contribution in [0, 0.1) is 9.25 Å². The molecule has 5 rings (SSSR count). The summed E-state index contributed by atoms with van der Waals surface area (Å²) in [5.74, 6) is -0.492. The molecule has 1 aliphatic heterocycles. The number of nitrogen functional groups attached to an aromatic ring is 1. The molecule has 2 unspecified atom stereocenters. The zero-order valence-electron chi connectivity index (χ0n) is 26.6. The molecule has 6 atom stereocenters. The maximum Gasteiger partial charge on any atom is 0.459 e. The zero-order valence-corrected chi connectivity index (χ0v) is 29.6. The highest BCUT2D eigenvalue weighted by molar-refractivity contribution is 14.1. The minimum Gasteiger partial charge on any atom is -0.479 e. The number of nitrogens with one attached hydrogen (secondary N) is 1. The van der Waals surface area contributed by atoms with Crippen molar-refractivity contribution in [3.05, 3.63) is 40.4 Å². The number of ether oxygens (including phenoxy) is 3. The molecule has 1 aromatic carbocycles. The largest absolute Gasteiger partial charge is 0.479 e. The molecular formula is C29H37IN7O9P. The number of anilines is 1. The Labute approximate surface area is 284 Å². The van der Waals surface area contributed by atoms with Crippen LogP contribution in [0.1, 0.15) is 40.8 Å². The molecular weight excluding hydrogens is 748 g/mol. The SMILES string of the molecule is COc1nc(N)nc2c1nc(I)n2C1O[C@H](COP(=O)(N[C@@H](C)C(=O)OCC(C)(C)C)Oc2ccc3ncccc3c2)[C@@H](O)[C@@]1(C)O. The van der Waals surface area contributed by atoms with Gasteiger partial charge in [0.15, 0.2) is 21.2 Å². The Morgan fingerprint density at radius 2 is 2.02 bits per heavy atom. The number of hydrogen-bond acceptors (Lipinski definition) is 14. The van der Waals surface area contributed by atoms with Crippen molar-refractivity contribution in [1.29, 1.82) is 0 Å². The van der Waals surface area contributed by atoms with Gasteiger partial charge in [0, 0.05) is 34.2 Å². The number of carbonyl (C=O) groups is 1. The van der Waals surface area contributed by atoms with Gasteiger partial charge in [-0.15, -0.1) is 0 Å². The molecule has 0 spiro atoms. The van der Waals surface area contributed by atoms with Crippen molar-refractivity contribution in [3.8, 4) is 11.6 Å². The van der Waals surface area contributed by atoms with Crippen molar-refractivity contribution in [1.82, 2.24) is 29.6 Å². The molecule has 1 fully saturated rings. The summed E-state index contributed by atoms with van der Waals surface area (Å²) >= 11 is 1.92. The van der Waals surface area contributed by atoms with Gasteiger partial charge in [-0.25, -0.2) is 9.55 Å². The number of rotatable bonds is 11. The van der Waals surface area contributed by atoms with E-state index in [1.807, 2.05) is 43.4 Å². The number of aliphatic hydroxyl groups is 2. The number of imidazole rings is 1. The molecule has 4 aromatic rings. The second-order valence-electron chi connectivity index (χ2n) is 12.5. The van der Waals surface area contributed by atoms with E-state index in [2.05, 4.69) is 25.0 Å². The second-order valence-corrected chi connectivity index (χ2v) is 15.1. The molecule has 4 heterocycles. The van der Waals surface area contributed by atoms with Crippen LogP contribution in [0.4, 0.5) is 5.95 Å². The number of benzene rings is 1. The summed E-state index contributed by atoms with van der Waals surface area (Å²) in [6.45, 7) is 8.16. The fraction of sp³-hybridized carbons (Fsp3) is 0.483. The van der Waals surface area contributed by atoms with Crippen LogP contribution in [0.15, 0.2) is 36.5 Å². The van der Waals surface area contributed by atoms with Crippen molar-refractivity contribution in [2.75, 3.05) is 26.1 Å². The fourth-order valence-corrected chi connectivity index (χ4v) is 7.07. The summed E-state index contributed by atoms with van der Waals surface area (Å²) < 4.78 is 44.5. The molecule has 0 amide bonds. The van der Waals surface area contributed by atoms with Gasteiger partial charge in [0.2, 0.25) is 11.8 Å². The Morgan fingerprint density at radius 1 is 1.28 bits per heavy atom. The van der Waals surface area contributed by atoms with Crippen molar-refractivity contribution in [3.63, 3.8) is 0 Å². The first-order chi connectivity index (χ1) is 22.0. The average molecular weight is 786 g/mol. The van der Waals surface area contributed by atoms with E-state index in [-0.39, 0.29) is 40.8 Å². The molecule has 18 heteroatoms. The summed E-state index contributed by atoms with van der Waals surface area (Å²) in [6.07, 6.45) is -2.37. The number of pyridine rings is 1. The fourth-order valence-electron chi connectivity index (χ4n) is 4.85. The Bertz CT molecular complexity index is 1830. The van der Waals surface area contributed by atoms with Gasteiger partial charge in [0.05, 0.1) is 25.8 Å². The van der Waals surface area contributed by atoms with Gasteiger partial charge in [-0.2, -0.15) is 15.1 Å². The highest BCUT2D eigenvalue weighted by Crippen LogP contribution is 2.48. The van der Waals surface area contributed by atoms with E-state index in [1.165, 1.54) is 25.5 Å². The lowest BCUT2D eigenvalue weighted by Gasteiger charge is -2.28. The number of methoxy groups -OCH3 is 1. The molecule has 254 valence electrons. The standard InChI is InChI=1S/C29H37IN7O9P/c1-15(24(39)43-14-28(2,3)4)36-47(41,46-17-9-10-18-16(12-17)8-7-11-32-18)44-13-19-21(38)29(5,40)25(45-19)37-22-20(33-26(37)30)23(42-6)35-27(31)34-22/h7-12,15,19,21,25,38,40H,13-14H2,1-6H3,(H,36,41)(H2,31,34,35)/t15-,19+,21+,25?,29+,47?/m0/s1. The highest BCUT2D eigenvalue weighted by atomic mass is 127. The van der Waals surface area contributed by atoms with E-state index in [0.717, 1.165) is 0 Å². The first-order valence-electron chi connectivity index (χ1n) is 14.6. The van der Waals surface area contributed by atoms with Gasteiger partial charge in [-0.1, -0.05) is 26.8 Å². The minimum absolute atomic E-state index is 0.103. The summed E-state index contributed by atoms with van der Waals surface area (Å²) in [5, 5.41) is 26.1. The first-order valence-corrected chi connectivity index (χ1v) is 17.2. The third kappa shape index (κ3) is 7.61. The van der Waals surface area contributed by atoms with Crippen LogP contribution in [-0.2, 0) is 23.4 Å². The Balaban J connectivity index is 1.40. The average Bonchev–Trinajstić information content (AvgIpc) is 3.44. The van der Waals surface area contributed by atoms with Gasteiger partial charge in [0.1, 0.15) is 29.6 Å². The lowest BCUT2D eigenvalue weighted by molar-refractivity contribution is -0.148. The molecule has 47 heavy (non-hydrogen) atoms. The van der Waals surface area contributed by atoms with Gasteiger partial charge in [0.25, 0.3) is 0 Å². The van der Waals surface area contributed by atoms with E-state index in [1.54, 1.807) is 36.5 Å². The quantitative estimate of drug-likeness (QED) is 0.0743. The van der Waals surface area contributed by atoms with Crippen molar-refractivity contribution in [2.24, 2.45) is 5.41 Å². The number of hydrogen-bond donors (Lipinski definition) is 4. The van der Waals surface area contributed by atoms with Crippen molar-refractivity contribution >= 4 is 64.3 Å². The van der Waals surface area contributed by atoms with Crippen LogP contribution in [0.3, 0.4) is 0 Å². The third-order valence-electron chi connectivity index (χ3n) is 7.23. The lowest BCUT2D eigenvalue weighted by Crippen LogP contribution is -2.45. The predicted octanol–water partition coefficient (Wildman–Crippen LogP) is 3.35. The summed E-state index contributed by atoms with van der Waals surface area (Å²) in [5.41, 5.74) is 4.82. The van der Waals surface area contributed by atoms with Crippen LogP contribution in [0.25, 0.3) is 22.1 Å². The predicted molar refractivity (Wildman–Crippen MR) is 178 cm³/mol. The maximum absolute atomic E-state index is 14.3. The third-order valence-corrected chi connectivity index (χ3v) is 9.63. The molecule has 5 N–H and O–H groups in total. The molecule has 1 saturated heterocycles. The molecule has 1 aliphatic rings. The minimum atomic E-state index is -4.38. The van der Waals surface area contributed by atoms with E-state index < -0.39 is 50.4 Å². The monoisotopic (exact) mass is 785 g/mol. The number of nitrogens with zero attached hydrogens (tertiary/aromatic N) is 5. The van der Waals surface area contributed by atoms with Crippen LogP contribution in [0.2, 0.25) is 0 Å². The highest BCUT2D eigenvalue weighted by Gasteiger charge is 2.55. The van der Waals surface area contributed by atoms with Gasteiger partial charge >= 0.3 is 13.7 Å². The number of halogens is 1. The van der Waals surface area contributed by atoms with E-state index >= 15 is 0 Å². The van der Waals surface area contributed by atoms with Gasteiger partial charge in [-0.05, 0) is 43.5 Å². The number of esters is 1. The van der Waals surface area contributed by atoms with Gasteiger partial charge < -0.3 is 34.7 Å². The van der Waals surface area contributed by atoms with Crippen LogP contribution in [-0.4, -0.2) is 84.9 Å². The number of fused-ring (bicyclic) bond motifs is 2. The van der Waals surface area contributed by atoms with E-state index in [4.69, 9.17) is 29.0 Å². The van der Waals surface area contributed by atoms with Crippen LogP contribution >= 0.6 is 30.3 Å². The topological polar surface area (TPSA) is 215 Å². The smallest absolute Gasteiger partial charge is 0.459 e. The molecule has 16 nitrogen and oxygen atoms in total. The maximum atomic E-state index is 14.3. The Kier molecular flexibility index (Phi) is 9.99. The van der Waals surface area contributed by atoms with Crippen molar-refractivity contribution < 1.29 is 42.8 Å². The Morgan fingerprint density at radius 3 is 2.72 bits per heavy atom.